The predicted molar refractivity (Wildman–Crippen MR) is 112 cm³/mol. The van der Waals surface area contributed by atoms with Gasteiger partial charge in [0.1, 0.15) is 0 Å². The van der Waals surface area contributed by atoms with Gasteiger partial charge < -0.3 is 19.5 Å². The zero-order chi connectivity index (χ0) is 20.1. The van der Waals surface area contributed by atoms with Crippen LogP contribution in [0.1, 0.15) is 22.3 Å². The molecule has 1 aromatic heterocycles. The fraction of sp³-hybridized carbons (Fsp3) is 0.304. The maximum absolute atomic E-state index is 12.5. The number of hydrogen-bond donors (Lipinski definition) is 1. The number of ether oxygens (including phenoxy) is 1. The molecule has 0 bridgehead atoms. The Kier molecular flexibility index (Phi) is 5.91. The molecule has 0 atom stereocenters. The number of aryl methyl sites for hydroxylation is 1. The number of amides is 2. The molecule has 6 heteroatoms. The maximum Gasteiger partial charge on any atom is 0.254 e. The van der Waals surface area contributed by atoms with E-state index >= 15 is 0 Å². The maximum atomic E-state index is 12.5. The Hall–Kier alpha value is -3.12. The zero-order valence-corrected chi connectivity index (χ0v) is 16.3. The molecule has 6 nitrogen and oxygen atoms in total. The summed E-state index contributed by atoms with van der Waals surface area (Å²) in [6.45, 7) is 3.55. The van der Waals surface area contributed by atoms with Crippen LogP contribution in [0.3, 0.4) is 0 Å². The van der Waals surface area contributed by atoms with Gasteiger partial charge in [0.05, 0.1) is 13.2 Å². The number of nitrogens with one attached hydrogen (secondary N) is 1. The van der Waals surface area contributed by atoms with Crippen molar-refractivity contribution >= 4 is 22.7 Å². The van der Waals surface area contributed by atoms with Gasteiger partial charge in [-0.25, -0.2) is 0 Å². The van der Waals surface area contributed by atoms with Gasteiger partial charge in [0.15, 0.2) is 0 Å². The normalized spacial score (nSPS) is 14.1. The Morgan fingerprint density at radius 3 is 2.52 bits per heavy atom. The Morgan fingerprint density at radius 1 is 0.966 bits per heavy atom. The van der Waals surface area contributed by atoms with Gasteiger partial charge in [0, 0.05) is 49.9 Å². The zero-order valence-electron chi connectivity index (χ0n) is 16.3. The van der Waals surface area contributed by atoms with Crippen molar-refractivity contribution in [2.45, 2.75) is 19.5 Å². The minimum Gasteiger partial charge on any atom is -0.378 e. The summed E-state index contributed by atoms with van der Waals surface area (Å²) in [4.78, 5) is 26.5. The molecule has 150 valence electrons. The highest BCUT2D eigenvalue weighted by atomic mass is 16.5. The monoisotopic (exact) mass is 391 g/mol. The minimum absolute atomic E-state index is 0.0104. The summed E-state index contributed by atoms with van der Waals surface area (Å²) in [6, 6.07) is 17.7. The number of aromatic nitrogens is 1. The molecule has 3 aromatic rings. The first-order valence-electron chi connectivity index (χ1n) is 9.97. The molecule has 1 aliphatic rings. The van der Waals surface area contributed by atoms with Crippen molar-refractivity contribution in [2.24, 2.45) is 0 Å². The predicted octanol–water partition coefficient (Wildman–Crippen LogP) is 2.82. The van der Waals surface area contributed by atoms with Crippen molar-refractivity contribution in [2.75, 3.05) is 26.3 Å². The highest BCUT2D eigenvalue weighted by Crippen LogP contribution is 2.15. The lowest BCUT2D eigenvalue weighted by Crippen LogP contribution is -2.40. The molecule has 2 aromatic carbocycles. The average molecular weight is 391 g/mol. The van der Waals surface area contributed by atoms with Crippen LogP contribution in [0.25, 0.3) is 10.9 Å². The van der Waals surface area contributed by atoms with E-state index in [0.717, 1.165) is 11.1 Å². The van der Waals surface area contributed by atoms with Gasteiger partial charge >= 0.3 is 0 Å². The Balaban J connectivity index is 1.26. The van der Waals surface area contributed by atoms with Gasteiger partial charge in [-0.1, -0.05) is 30.3 Å². The third-order valence-electron chi connectivity index (χ3n) is 5.25. The van der Waals surface area contributed by atoms with Crippen LogP contribution < -0.4 is 5.32 Å². The molecular weight excluding hydrogens is 366 g/mol. The second-order valence-corrected chi connectivity index (χ2v) is 7.20. The van der Waals surface area contributed by atoms with Gasteiger partial charge in [-0.05, 0) is 35.2 Å². The number of para-hydroxylation sites is 1. The van der Waals surface area contributed by atoms with Crippen LogP contribution in [0, 0.1) is 0 Å². The summed E-state index contributed by atoms with van der Waals surface area (Å²) in [5.41, 5.74) is 2.78. The second kappa shape index (κ2) is 8.92. The van der Waals surface area contributed by atoms with E-state index in [1.165, 1.54) is 5.39 Å². The van der Waals surface area contributed by atoms with Crippen molar-refractivity contribution in [1.29, 1.82) is 0 Å². The van der Waals surface area contributed by atoms with Gasteiger partial charge in [-0.3, -0.25) is 9.59 Å². The fourth-order valence-electron chi connectivity index (χ4n) is 3.56. The molecule has 1 N–H and O–H groups in total. The van der Waals surface area contributed by atoms with E-state index in [0.29, 0.717) is 51.4 Å². The lowest BCUT2D eigenvalue weighted by atomic mass is 10.1. The molecule has 2 amide bonds. The number of morpholine rings is 1. The van der Waals surface area contributed by atoms with Crippen LogP contribution in [-0.4, -0.2) is 47.6 Å². The first-order chi connectivity index (χ1) is 14.2. The first-order valence-corrected chi connectivity index (χ1v) is 9.97. The summed E-state index contributed by atoms with van der Waals surface area (Å²) in [7, 11) is 0. The average Bonchev–Trinajstić information content (AvgIpc) is 3.20. The molecule has 0 saturated carbocycles. The lowest BCUT2D eigenvalue weighted by Gasteiger charge is -2.26. The first kappa shape index (κ1) is 19.2. The molecule has 1 saturated heterocycles. The van der Waals surface area contributed by atoms with Crippen molar-refractivity contribution < 1.29 is 14.3 Å². The summed E-state index contributed by atoms with van der Waals surface area (Å²) in [5.74, 6) is 0.0408. The largest absolute Gasteiger partial charge is 0.378 e. The molecule has 0 unspecified atom stereocenters. The van der Waals surface area contributed by atoms with E-state index in [1.807, 2.05) is 47.5 Å². The van der Waals surface area contributed by atoms with E-state index in [4.69, 9.17) is 4.74 Å². The van der Waals surface area contributed by atoms with Crippen LogP contribution in [0.4, 0.5) is 0 Å². The highest BCUT2D eigenvalue weighted by molar-refractivity contribution is 5.94. The van der Waals surface area contributed by atoms with Crippen molar-refractivity contribution in [3.63, 3.8) is 0 Å². The molecule has 1 aliphatic heterocycles. The third kappa shape index (κ3) is 4.66. The number of rotatable bonds is 6. The van der Waals surface area contributed by atoms with Crippen molar-refractivity contribution in [1.82, 2.24) is 14.8 Å². The minimum atomic E-state index is 0.0104. The Morgan fingerprint density at radius 2 is 1.72 bits per heavy atom. The molecule has 4 rings (SSSR count). The van der Waals surface area contributed by atoms with Crippen LogP contribution in [-0.2, 0) is 22.6 Å². The van der Waals surface area contributed by atoms with Gasteiger partial charge in [-0.2, -0.15) is 0 Å². The quantitative estimate of drug-likeness (QED) is 0.703. The third-order valence-corrected chi connectivity index (χ3v) is 5.25. The van der Waals surface area contributed by atoms with Crippen molar-refractivity contribution in [3.8, 4) is 0 Å². The van der Waals surface area contributed by atoms with Crippen LogP contribution in [0.5, 0.6) is 0 Å². The molecule has 0 spiro atoms. The number of carbonyl (C=O) groups is 2. The molecule has 1 fully saturated rings. The fourth-order valence-corrected chi connectivity index (χ4v) is 3.56. The standard InChI is InChI=1S/C23H25N3O3/c27-22(10-12-25-11-9-19-3-1-2-4-21(19)25)24-17-18-5-7-20(8-6-18)23(28)26-13-15-29-16-14-26/h1-9,11H,10,12-17H2,(H,24,27). The van der Waals surface area contributed by atoms with E-state index in [9.17, 15) is 9.59 Å². The summed E-state index contributed by atoms with van der Waals surface area (Å²) >= 11 is 0. The Bertz CT molecular complexity index is 988. The van der Waals surface area contributed by atoms with E-state index in [2.05, 4.69) is 28.1 Å². The van der Waals surface area contributed by atoms with E-state index in [1.54, 1.807) is 0 Å². The summed E-state index contributed by atoms with van der Waals surface area (Å²) in [5, 5.41) is 4.14. The van der Waals surface area contributed by atoms with Crippen LogP contribution in [0.2, 0.25) is 0 Å². The molecular formula is C23H25N3O3. The number of carbonyl (C=O) groups excluding carboxylic acids is 2. The SMILES string of the molecule is O=C(CCn1ccc2ccccc21)NCc1ccc(C(=O)N2CCOCC2)cc1. The number of benzene rings is 2. The molecule has 29 heavy (non-hydrogen) atoms. The summed E-state index contributed by atoms with van der Waals surface area (Å²) in [6.07, 6.45) is 2.44. The highest BCUT2D eigenvalue weighted by Gasteiger charge is 2.18. The summed E-state index contributed by atoms with van der Waals surface area (Å²) < 4.78 is 7.39. The number of fused-ring (bicyclic) bond motifs is 1. The second-order valence-electron chi connectivity index (χ2n) is 7.20. The topological polar surface area (TPSA) is 63.6 Å². The Labute approximate surface area is 170 Å². The molecule has 2 heterocycles. The lowest BCUT2D eigenvalue weighted by molar-refractivity contribution is -0.121. The van der Waals surface area contributed by atoms with E-state index < -0.39 is 0 Å². The smallest absolute Gasteiger partial charge is 0.254 e. The van der Waals surface area contributed by atoms with Crippen LogP contribution in [0.15, 0.2) is 60.8 Å². The van der Waals surface area contributed by atoms with E-state index in [-0.39, 0.29) is 11.8 Å². The number of hydrogen-bond acceptors (Lipinski definition) is 3. The van der Waals surface area contributed by atoms with Gasteiger partial charge in [0.25, 0.3) is 5.91 Å². The van der Waals surface area contributed by atoms with Gasteiger partial charge in [-0.15, -0.1) is 0 Å². The van der Waals surface area contributed by atoms with Gasteiger partial charge in [0.2, 0.25) is 5.91 Å². The van der Waals surface area contributed by atoms with Crippen molar-refractivity contribution in [3.05, 3.63) is 71.9 Å². The van der Waals surface area contributed by atoms with Crippen LogP contribution >= 0.6 is 0 Å². The number of nitrogens with zero attached hydrogens (tertiary/aromatic N) is 2. The molecule has 0 radical (unpaired) electrons. The molecule has 0 aliphatic carbocycles.